The minimum atomic E-state index is -4.67. The summed E-state index contributed by atoms with van der Waals surface area (Å²) in [6.07, 6.45) is 1.01. The molecule has 10 nitrogen and oxygen atoms in total. The average molecular weight is 431 g/mol. The molecule has 26 heavy (non-hydrogen) atoms. The minimum Gasteiger partial charge on any atom is -0.446 e. The fourth-order valence-electron chi connectivity index (χ4n) is 2.10. The fraction of sp³-hybridized carbons (Fsp3) is 0.462. The molecule has 0 spiro atoms. The summed E-state index contributed by atoms with van der Waals surface area (Å²) in [4.78, 5) is 13.9. The molecule has 1 saturated heterocycles. The van der Waals surface area contributed by atoms with E-state index in [-0.39, 0.29) is 11.0 Å². The number of halogens is 1. The molecule has 0 atom stereocenters. The summed E-state index contributed by atoms with van der Waals surface area (Å²) < 4.78 is 59.1. The number of piperidine rings is 1. The van der Waals surface area contributed by atoms with Crippen LogP contribution in [0.1, 0.15) is 12.8 Å². The lowest BCUT2D eigenvalue weighted by Gasteiger charge is -2.28. The van der Waals surface area contributed by atoms with Crippen LogP contribution in [-0.2, 0) is 24.2 Å². The van der Waals surface area contributed by atoms with Crippen molar-refractivity contribution in [3.05, 3.63) is 24.3 Å². The molecule has 1 aromatic carbocycles. The summed E-state index contributed by atoms with van der Waals surface area (Å²) in [7, 11) is -1.18. The molecule has 1 fully saturated rings. The van der Waals surface area contributed by atoms with Gasteiger partial charge in [-0.1, -0.05) is 0 Å². The number of amides is 1. The number of anilines is 1. The Morgan fingerprint density at radius 3 is 2.04 bits per heavy atom. The number of carbonyl (C=O) groups is 1. The van der Waals surface area contributed by atoms with Crippen LogP contribution in [0.5, 0.6) is 0 Å². The van der Waals surface area contributed by atoms with Gasteiger partial charge < -0.3 is 9.64 Å². The van der Waals surface area contributed by atoms with Crippen molar-refractivity contribution in [2.45, 2.75) is 23.8 Å². The Hall–Kier alpha value is -1.44. The molecule has 0 aliphatic carbocycles. The van der Waals surface area contributed by atoms with Gasteiger partial charge in [0.25, 0.3) is 9.05 Å². The summed E-state index contributed by atoms with van der Waals surface area (Å²) in [5.41, 5.74) is 0.456. The molecule has 1 aliphatic rings. The predicted octanol–water partition coefficient (Wildman–Crippen LogP) is 1.60. The van der Waals surface area contributed by atoms with Gasteiger partial charge in [-0.25, -0.2) is 13.2 Å². The van der Waals surface area contributed by atoms with E-state index < -0.39 is 25.5 Å². The van der Waals surface area contributed by atoms with Crippen LogP contribution in [0, 0.1) is 0 Å². The molecule has 0 radical (unpaired) electrons. The molecule has 1 heterocycles. The highest BCUT2D eigenvalue weighted by atomic mass is 35.7. The highest BCUT2D eigenvalue weighted by Gasteiger charge is 2.20. The van der Waals surface area contributed by atoms with E-state index in [0.717, 1.165) is 25.9 Å². The monoisotopic (exact) mass is 430 g/mol. The lowest BCUT2D eigenvalue weighted by atomic mass is 10.1. The highest BCUT2D eigenvalue weighted by Crippen LogP contribution is 2.18. The first-order valence-corrected chi connectivity index (χ1v) is 11.0. The standard InChI is InChI=1S/C13H17ClN2O4S.H2O4S/c1-16-8-6-11(7-9-16)20-13(17)15-10-2-4-12(5-3-10)21(14,18)19;1-5(2,3)4/h2-5,11H,6-9H2,1H3,(H,15,17);(H2,1,2,3,4). The van der Waals surface area contributed by atoms with Crippen molar-refractivity contribution in [1.82, 2.24) is 4.90 Å². The van der Waals surface area contributed by atoms with Crippen LogP contribution in [0.2, 0.25) is 0 Å². The Kier molecular flexibility index (Phi) is 8.24. The summed E-state index contributed by atoms with van der Waals surface area (Å²) in [6, 6.07) is 5.58. The number of carbonyl (C=O) groups excluding carboxylic acids is 1. The number of ether oxygens (including phenoxy) is 1. The quantitative estimate of drug-likeness (QED) is 0.479. The van der Waals surface area contributed by atoms with Crippen LogP contribution in [0.25, 0.3) is 0 Å². The van der Waals surface area contributed by atoms with Crippen molar-refractivity contribution in [3.63, 3.8) is 0 Å². The van der Waals surface area contributed by atoms with E-state index >= 15 is 0 Å². The number of nitrogens with zero attached hydrogens (tertiary/aromatic N) is 1. The SMILES string of the molecule is CN1CCC(OC(=O)Nc2ccc(S(=O)(=O)Cl)cc2)CC1.O=S(=O)(O)O. The van der Waals surface area contributed by atoms with Gasteiger partial charge in [0.2, 0.25) is 0 Å². The van der Waals surface area contributed by atoms with E-state index in [4.69, 9.17) is 32.9 Å². The molecule has 0 saturated carbocycles. The first-order chi connectivity index (χ1) is 11.8. The molecule has 1 aliphatic heterocycles. The zero-order chi connectivity index (χ0) is 20.0. The van der Waals surface area contributed by atoms with Crippen LogP contribution in [0.15, 0.2) is 29.2 Å². The lowest BCUT2D eigenvalue weighted by molar-refractivity contribution is 0.0662. The third kappa shape index (κ3) is 9.89. The summed E-state index contributed by atoms with van der Waals surface area (Å²) >= 11 is 0. The average Bonchev–Trinajstić information content (AvgIpc) is 2.47. The molecule has 1 aromatic rings. The first kappa shape index (κ1) is 22.6. The molecular formula is C13H19ClN2O8S2. The number of nitrogens with one attached hydrogen (secondary N) is 1. The Balaban J connectivity index is 0.000000597. The first-order valence-electron chi connectivity index (χ1n) is 7.25. The number of rotatable bonds is 3. The van der Waals surface area contributed by atoms with Crippen LogP contribution in [0.3, 0.4) is 0 Å². The number of benzene rings is 1. The molecule has 0 aromatic heterocycles. The predicted molar refractivity (Wildman–Crippen MR) is 94.3 cm³/mol. The molecule has 2 rings (SSSR count). The zero-order valence-electron chi connectivity index (χ0n) is 13.7. The normalized spacial score (nSPS) is 16.3. The number of hydrogen-bond acceptors (Lipinski definition) is 7. The van der Waals surface area contributed by atoms with Gasteiger partial charge in [0.1, 0.15) is 6.10 Å². The van der Waals surface area contributed by atoms with Gasteiger partial charge in [0, 0.05) is 29.5 Å². The number of likely N-dealkylation sites (tertiary alicyclic amines) is 1. The maximum Gasteiger partial charge on any atom is 0.411 e. The minimum absolute atomic E-state index is 0.0154. The van der Waals surface area contributed by atoms with E-state index in [0.29, 0.717) is 5.69 Å². The smallest absolute Gasteiger partial charge is 0.411 e. The Morgan fingerprint density at radius 1 is 1.15 bits per heavy atom. The highest BCUT2D eigenvalue weighted by molar-refractivity contribution is 8.13. The Labute approximate surface area is 156 Å². The largest absolute Gasteiger partial charge is 0.446 e. The number of hydrogen-bond donors (Lipinski definition) is 3. The van der Waals surface area contributed by atoms with Crippen molar-refractivity contribution in [2.24, 2.45) is 0 Å². The van der Waals surface area contributed by atoms with Crippen LogP contribution < -0.4 is 5.32 Å². The second-order valence-corrected chi connectivity index (χ2v) is 8.90. The van der Waals surface area contributed by atoms with Crippen LogP contribution in [-0.4, -0.2) is 63.2 Å². The van der Waals surface area contributed by atoms with Gasteiger partial charge in [0.15, 0.2) is 0 Å². The molecule has 13 heteroatoms. The van der Waals surface area contributed by atoms with Crippen LogP contribution >= 0.6 is 10.7 Å². The van der Waals surface area contributed by atoms with Gasteiger partial charge in [-0.2, -0.15) is 8.42 Å². The van der Waals surface area contributed by atoms with Crippen LogP contribution in [0.4, 0.5) is 10.5 Å². The maximum absolute atomic E-state index is 11.8. The molecule has 0 unspecified atom stereocenters. The summed E-state index contributed by atoms with van der Waals surface area (Å²) in [5.74, 6) is 0. The lowest BCUT2D eigenvalue weighted by Crippen LogP contribution is -2.36. The van der Waals surface area contributed by atoms with Gasteiger partial charge in [-0.3, -0.25) is 14.4 Å². The Morgan fingerprint density at radius 2 is 1.62 bits per heavy atom. The van der Waals surface area contributed by atoms with Crippen molar-refractivity contribution < 1.29 is 35.5 Å². The van der Waals surface area contributed by atoms with Gasteiger partial charge in [0.05, 0.1) is 4.90 Å². The fourth-order valence-corrected chi connectivity index (χ4v) is 2.87. The van der Waals surface area contributed by atoms with E-state index in [2.05, 4.69) is 10.2 Å². The van der Waals surface area contributed by atoms with E-state index in [1.807, 2.05) is 7.05 Å². The van der Waals surface area contributed by atoms with Gasteiger partial charge in [-0.05, 0) is 44.2 Å². The van der Waals surface area contributed by atoms with Crippen molar-refractivity contribution in [3.8, 4) is 0 Å². The molecule has 1 amide bonds. The van der Waals surface area contributed by atoms with Crippen molar-refractivity contribution in [1.29, 1.82) is 0 Å². The van der Waals surface area contributed by atoms with E-state index in [1.54, 1.807) is 0 Å². The van der Waals surface area contributed by atoms with Gasteiger partial charge in [-0.15, -0.1) is 0 Å². The molecular weight excluding hydrogens is 412 g/mol. The Bertz CT molecular complexity index is 795. The van der Waals surface area contributed by atoms with E-state index in [1.165, 1.54) is 24.3 Å². The van der Waals surface area contributed by atoms with Gasteiger partial charge >= 0.3 is 16.5 Å². The zero-order valence-corrected chi connectivity index (χ0v) is 16.1. The van der Waals surface area contributed by atoms with Crippen molar-refractivity contribution in [2.75, 3.05) is 25.5 Å². The maximum atomic E-state index is 11.8. The second-order valence-electron chi connectivity index (χ2n) is 5.44. The third-order valence-electron chi connectivity index (χ3n) is 3.32. The third-order valence-corrected chi connectivity index (χ3v) is 4.69. The molecule has 148 valence electrons. The van der Waals surface area contributed by atoms with Crippen molar-refractivity contribution >= 4 is 41.9 Å². The molecule has 0 bridgehead atoms. The summed E-state index contributed by atoms with van der Waals surface area (Å²) in [6.45, 7) is 1.81. The van der Waals surface area contributed by atoms with E-state index in [9.17, 15) is 13.2 Å². The second kappa shape index (κ2) is 9.48. The molecule has 3 N–H and O–H groups in total. The topological polar surface area (TPSA) is 150 Å². The summed E-state index contributed by atoms with van der Waals surface area (Å²) in [5, 5.41) is 2.57.